The molecule has 0 bridgehead atoms. The number of benzene rings is 8. The van der Waals surface area contributed by atoms with Crippen molar-refractivity contribution in [3.63, 3.8) is 0 Å². The van der Waals surface area contributed by atoms with Gasteiger partial charge in [-0.1, -0.05) is 146 Å². The second-order valence-corrected chi connectivity index (χ2v) is 11.0. The molecule has 8 rings (SSSR count). The third kappa shape index (κ3) is 4.52. The second-order valence-electron chi connectivity index (χ2n) is 11.0. The van der Waals surface area contributed by atoms with Crippen LogP contribution in [0.4, 0.5) is 17.1 Å². The molecule has 0 N–H and O–H groups in total. The first-order chi connectivity index (χ1) is 21.3. The molecule has 0 unspecified atom stereocenters. The van der Waals surface area contributed by atoms with Crippen LogP contribution in [0.2, 0.25) is 0 Å². The Morgan fingerprint density at radius 2 is 0.837 bits per heavy atom. The van der Waals surface area contributed by atoms with Gasteiger partial charge in [0, 0.05) is 16.5 Å². The van der Waals surface area contributed by atoms with Gasteiger partial charge in [0.2, 0.25) is 0 Å². The number of hydrogen-bond donors (Lipinski definition) is 0. The highest BCUT2D eigenvalue weighted by molar-refractivity contribution is 6.08. The standard InChI is InChI=1S/C42H29N/c1-2-12-30(13-3-1)31-24-26-36(27-25-31)43(41-23-11-18-33-15-5-8-20-39(33)41)42-29-35(28-34-16-6-9-21-40(34)42)38-22-10-17-32-14-4-7-19-37(32)38/h1-29H. The molecule has 0 aliphatic carbocycles. The van der Waals surface area contributed by atoms with Gasteiger partial charge >= 0.3 is 0 Å². The van der Waals surface area contributed by atoms with Crippen LogP contribution in [0.1, 0.15) is 0 Å². The van der Waals surface area contributed by atoms with E-state index in [-0.39, 0.29) is 0 Å². The maximum absolute atomic E-state index is 2.44. The van der Waals surface area contributed by atoms with E-state index in [1.165, 1.54) is 54.6 Å². The molecule has 0 atom stereocenters. The first-order valence-corrected chi connectivity index (χ1v) is 14.8. The van der Waals surface area contributed by atoms with Crippen LogP contribution in [-0.2, 0) is 0 Å². The van der Waals surface area contributed by atoms with E-state index in [2.05, 4.69) is 181 Å². The van der Waals surface area contributed by atoms with Crippen molar-refractivity contribution >= 4 is 49.4 Å². The lowest BCUT2D eigenvalue weighted by Gasteiger charge is -2.29. The Morgan fingerprint density at radius 3 is 1.58 bits per heavy atom. The minimum absolute atomic E-state index is 1.12. The Kier molecular flexibility index (Phi) is 6.20. The van der Waals surface area contributed by atoms with Crippen molar-refractivity contribution in [3.05, 3.63) is 176 Å². The van der Waals surface area contributed by atoms with E-state index in [0.29, 0.717) is 0 Å². The van der Waals surface area contributed by atoms with E-state index in [0.717, 1.165) is 17.1 Å². The first-order valence-electron chi connectivity index (χ1n) is 14.8. The fourth-order valence-electron chi connectivity index (χ4n) is 6.35. The van der Waals surface area contributed by atoms with Crippen molar-refractivity contribution in [1.29, 1.82) is 0 Å². The number of nitrogens with zero attached hydrogens (tertiary/aromatic N) is 1. The van der Waals surface area contributed by atoms with Crippen LogP contribution >= 0.6 is 0 Å². The molecule has 0 aromatic heterocycles. The van der Waals surface area contributed by atoms with Crippen LogP contribution in [0.25, 0.3) is 54.6 Å². The minimum atomic E-state index is 1.12. The largest absolute Gasteiger partial charge is 0.309 e. The van der Waals surface area contributed by atoms with Crippen molar-refractivity contribution in [1.82, 2.24) is 0 Å². The summed E-state index contributed by atoms with van der Waals surface area (Å²) in [7, 11) is 0. The predicted octanol–water partition coefficient (Wildman–Crippen LogP) is 11.9. The predicted molar refractivity (Wildman–Crippen MR) is 185 cm³/mol. The number of hydrogen-bond acceptors (Lipinski definition) is 1. The Morgan fingerprint density at radius 1 is 0.302 bits per heavy atom. The van der Waals surface area contributed by atoms with E-state index in [4.69, 9.17) is 0 Å². The van der Waals surface area contributed by atoms with Gasteiger partial charge in [-0.15, -0.1) is 0 Å². The SMILES string of the molecule is c1ccc(-c2ccc(N(c3cccc4ccccc34)c3cc(-c4cccc5ccccc45)cc4ccccc34)cc2)cc1. The third-order valence-electron chi connectivity index (χ3n) is 8.42. The summed E-state index contributed by atoms with van der Waals surface area (Å²) in [6.07, 6.45) is 0. The summed E-state index contributed by atoms with van der Waals surface area (Å²) in [5.74, 6) is 0. The van der Waals surface area contributed by atoms with Crippen LogP contribution in [-0.4, -0.2) is 0 Å². The highest BCUT2D eigenvalue weighted by Gasteiger charge is 2.19. The van der Waals surface area contributed by atoms with Crippen LogP contribution < -0.4 is 4.90 Å². The number of anilines is 3. The van der Waals surface area contributed by atoms with Crippen LogP contribution in [0.5, 0.6) is 0 Å². The molecule has 0 radical (unpaired) electrons. The van der Waals surface area contributed by atoms with Gasteiger partial charge in [-0.25, -0.2) is 0 Å². The fraction of sp³-hybridized carbons (Fsp3) is 0. The summed E-state index contributed by atoms with van der Waals surface area (Å²) in [6.45, 7) is 0. The van der Waals surface area contributed by atoms with Crippen LogP contribution in [0.3, 0.4) is 0 Å². The third-order valence-corrected chi connectivity index (χ3v) is 8.42. The zero-order valence-corrected chi connectivity index (χ0v) is 23.7. The number of rotatable bonds is 5. The Bertz CT molecular complexity index is 2220. The molecule has 0 saturated heterocycles. The zero-order chi connectivity index (χ0) is 28.6. The second kappa shape index (κ2) is 10.6. The fourth-order valence-corrected chi connectivity index (χ4v) is 6.35. The summed E-state index contributed by atoms with van der Waals surface area (Å²) >= 11 is 0. The van der Waals surface area contributed by atoms with Crippen molar-refractivity contribution < 1.29 is 0 Å². The Hall–Kier alpha value is -5.66. The zero-order valence-electron chi connectivity index (χ0n) is 23.7. The van der Waals surface area contributed by atoms with Crippen molar-refractivity contribution in [2.24, 2.45) is 0 Å². The molecule has 0 fully saturated rings. The summed E-state index contributed by atoms with van der Waals surface area (Å²) in [6, 6.07) is 63.5. The smallest absolute Gasteiger partial charge is 0.0546 e. The molecule has 43 heavy (non-hydrogen) atoms. The lowest BCUT2D eigenvalue weighted by atomic mass is 9.94. The van der Waals surface area contributed by atoms with Gasteiger partial charge in [0.05, 0.1) is 11.4 Å². The molecule has 202 valence electrons. The molecule has 1 heteroatoms. The Balaban J connectivity index is 1.41. The summed E-state index contributed by atoms with van der Waals surface area (Å²) in [5, 5.41) is 7.38. The van der Waals surface area contributed by atoms with Gasteiger partial charge < -0.3 is 4.90 Å². The molecule has 0 saturated carbocycles. The molecular weight excluding hydrogens is 518 g/mol. The van der Waals surface area contributed by atoms with E-state index in [1.54, 1.807) is 0 Å². The van der Waals surface area contributed by atoms with Crippen molar-refractivity contribution in [3.8, 4) is 22.3 Å². The van der Waals surface area contributed by atoms with Crippen LogP contribution in [0.15, 0.2) is 176 Å². The van der Waals surface area contributed by atoms with Gasteiger partial charge in [-0.05, 0) is 74.1 Å². The van der Waals surface area contributed by atoms with Crippen molar-refractivity contribution in [2.45, 2.75) is 0 Å². The van der Waals surface area contributed by atoms with Crippen LogP contribution in [0, 0.1) is 0 Å². The molecule has 0 aliphatic rings. The van der Waals surface area contributed by atoms with E-state index in [1.807, 2.05) is 0 Å². The molecule has 8 aromatic rings. The molecule has 0 amide bonds. The van der Waals surface area contributed by atoms with Gasteiger partial charge in [-0.3, -0.25) is 0 Å². The topological polar surface area (TPSA) is 3.24 Å². The average Bonchev–Trinajstić information content (AvgIpc) is 3.09. The summed E-state index contributed by atoms with van der Waals surface area (Å²) < 4.78 is 0. The molecule has 1 nitrogen and oxygen atoms in total. The first kappa shape index (κ1) is 25.1. The average molecular weight is 548 g/mol. The van der Waals surface area contributed by atoms with Crippen molar-refractivity contribution in [2.75, 3.05) is 4.90 Å². The summed E-state index contributed by atoms with van der Waals surface area (Å²) in [4.78, 5) is 2.44. The normalized spacial score (nSPS) is 11.3. The molecule has 0 spiro atoms. The Labute approximate surface area is 251 Å². The molecular formula is C42H29N. The summed E-state index contributed by atoms with van der Waals surface area (Å²) in [5.41, 5.74) is 8.30. The number of fused-ring (bicyclic) bond motifs is 3. The lowest BCUT2D eigenvalue weighted by Crippen LogP contribution is -2.11. The molecule has 0 heterocycles. The highest BCUT2D eigenvalue weighted by Crippen LogP contribution is 2.44. The van der Waals surface area contributed by atoms with E-state index in [9.17, 15) is 0 Å². The maximum Gasteiger partial charge on any atom is 0.0546 e. The molecule has 0 aliphatic heterocycles. The van der Waals surface area contributed by atoms with Gasteiger partial charge in [0.15, 0.2) is 0 Å². The maximum atomic E-state index is 2.44. The minimum Gasteiger partial charge on any atom is -0.309 e. The van der Waals surface area contributed by atoms with Gasteiger partial charge in [0.25, 0.3) is 0 Å². The van der Waals surface area contributed by atoms with E-state index >= 15 is 0 Å². The lowest BCUT2D eigenvalue weighted by molar-refractivity contribution is 1.31. The highest BCUT2D eigenvalue weighted by atomic mass is 15.1. The quantitative estimate of drug-likeness (QED) is 0.207. The monoisotopic (exact) mass is 547 g/mol. The van der Waals surface area contributed by atoms with Gasteiger partial charge in [-0.2, -0.15) is 0 Å². The van der Waals surface area contributed by atoms with E-state index < -0.39 is 0 Å². The molecule has 8 aromatic carbocycles. The van der Waals surface area contributed by atoms with Gasteiger partial charge in [0.1, 0.15) is 0 Å².